The van der Waals surface area contributed by atoms with Gasteiger partial charge in [0.15, 0.2) is 0 Å². The lowest BCUT2D eigenvalue weighted by Gasteiger charge is -2.18. The Morgan fingerprint density at radius 2 is 1.95 bits per heavy atom. The molecule has 0 aliphatic carbocycles. The van der Waals surface area contributed by atoms with Crippen LogP contribution < -0.4 is 10.0 Å². The number of hydrogen-bond acceptors (Lipinski definition) is 6. The molecule has 2 N–H and O–H groups in total. The highest BCUT2D eigenvalue weighted by molar-refractivity contribution is 7.89. The Balaban J connectivity index is 2.99. The molecule has 1 amide bonds. The number of sulfonamides is 1. The Morgan fingerprint density at radius 3 is 2.45 bits per heavy atom. The number of amides is 1. The van der Waals surface area contributed by atoms with Crippen LogP contribution in [0.2, 0.25) is 0 Å². The number of hydrogen-bond donors (Lipinski definition) is 2. The summed E-state index contributed by atoms with van der Waals surface area (Å²) in [6.07, 6.45) is 0.323. The summed E-state index contributed by atoms with van der Waals surface area (Å²) in [5.41, 5.74) is 0. The highest BCUT2D eigenvalue weighted by Gasteiger charge is 2.28. The Hall–Kier alpha value is -1.87. The average molecular weight is 332 g/mol. The molecule has 8 nitrogen and oxygen atoms in total. The number of carbonyl (C=O) groups excluding carboxylic acids is 2. The molecule has 0 saturated heterocycles. The fourth-order valence-electron chi connectivity index (χ4n) is 1.77. The van der Waals surface area contributed by atoms with Gasteiger partial charge in [0.2, 0.25) is 16.8 Å². The van der Waals surface area contributed by atoms with Gasteiger partial charge in [-0.2, -0.15) is 4.72 Å². The number of carbonyl (C=O) groups is 2. The van der Waals surface area contributed by atoms with Crippen LogP contribution in [0.25, 0.3) is 0 Å². The molecule has 0 spiro atoms. The zero-order chi connectivity index (χ0) is 16.9. The fraction of sp³-hybridized carbons (Fsp3) is 0.538. The molecule has 0 aromatic carbocycles. The maximum absolute atomic E-state index is 12.2. The first-order valence-electron chi connectivity index (χ1n) is 6.63. The van der Waals surface area contributed by atoms with E-state index in [1.807, 2.05) is 13.8 Å². The molecule has 0 saturated carbocycles. The molecule has 1 heterocycles. The van der Waals surface area contributed by atoms with E-state index in [-0.39, 0.29) is 11.7 Å². The van der Waals surface area contributed by atoms with Crippen LogP contribution in [0.4, 0.5) is 0 Å². The Labute approximate surface area is 129 Å². The van der Waals surface area contributed by atoms with Gasteiger partial charge in [0.05, 0.1) is 7.11 Å². The zero-order valence-electron chi connectivity index (χ0n) is 12.9. The molecule has 0 aliphatic rings. The van der Waals surface area contributed by atoms with Gasteiger partial charge in [0.1, 0.15) is 6.04 Å². The standard InChI is InChI=1S/C13H20N2O6S/c1-8(2)7-9(12(16)14-3)15-22(18,19)11-6-5-10(21-11)13(17)20-4/h5-6,8-9,15H,7H2,1-4H3,(H,14,16)/t9-/m1/s1. The zero-order valence-corrected chi connectivity index (χ0v) is 13.7. The first-order chi connectivity index (χ1) is 10.2. The lowest BCUT2D eigenvalue weighted by Crippen LogP contribution is -2.46. The van der Waals surface area contributed by atoms with E-state index < -0.39 is 33.0 Å². The number of esters is 1. The van der Waals surface area contributed by atoms with Gasteiger partial charge in [-0.3, -0.25) is 4.79 Å². The smallest absolute Gasteiger partial charge is 0.374 e. The minimum absolute atomic E-state index is 0.104. The van der Waals surface area contributed by atoms with E-state index in [1.54, 1.807) is 0 Å². The Bertz CT molecular complexity index is 635. The van der Waals surface area contributed by atoms with Crippen LogP contribution in [0, 0.1) is 5.92 Å². The third kappa shape index (κ3) is 4.57. The molecule has 0 aliphatic heterocycles. The van der Waals surface area contributed by atoms with Gasteiger partial charge in [0, 0.05) is 7.05 Å². The molecule has 0 bridgehead atoms. The van der Waals surface area contributed by atoms with Gasteiger partial charge in [-0.25, -0.2) is 13.2 Å². The summed E-state index contributed by atoms with van der Waals surface area (Å²) in [7, 11) is -1.49. The Morgan fingerprint density at radius 1 is 1.32 bits per heavy atom. The summed E-state index contributed by atoms with van der Waals surface area (Å²) in [5.74, 6) is -1.36. The quantitative estimate of drug-likeness (QED) is 0.703. The van der Waals surface area contributed by atoms with E-state index in [1.165, 1.54) is 13.1 Å². The van der Waals surface area contributed by atoms with Crippen molar-refractivity contribution in [1.29, 1.82) is 0 Å². The number of likely N-dealkylation sites (N-methyl/N-ethyl adjacent to an activating group) is 1. The second-order valence-corrected chi connectivity index (χ2v) is 6.67. The lowest BCUT2D eigenvalue weighted by atomic mass is 10.0. The topological polar surface area (TPSA) is 115 Å². The molecule has 0 fully saturated rings. The van der Waals surface area contributed by atoms with E-state index >= 15 is 0 Å². The maximum Gasteiger partial charge on any atom is 0.374 e. The fourth-order valence-corrected chi connectivity index (χ4v) is 2.92. The van der Waals surface area contributed by atoms with Gasteiger partial charge in [-0.05, 0) is 24.5 Å². The average Bonchev–Trinajstić information content (AvgIpc) is 2.94. The molecule has 9 heteroatoms. The monoisotopic (exact) mass is 332 g/mol. The van der Waals surface area contributed by atoms with E-state index in [0.29, 0.717) is 6.42 Å². The van der Waals surface area contributed by atoms with E-state index in [4.69, 9.17) is 4.42 Å². The van der Waals surface area contributed by atoms with E-state index in [9.17, 15) is 18.0 Å². The highest BCUT2D eigenvalue weighted by Crippen LogP contribution is 2.16. The van der Waals surface area contributed by atoms with Crippen LogP contribution in [-0.2, 0) is 19.6 Å². The summed E-state index contributed by atoms with van der Waals surface area (Å²) in [5, 5.41) is 1.95. The van der Waals surface area contributed by atoms with Crippen molar-refractivity contribution >= 4 is 21.9 Å². The minimum Gasteiger partial charge on any atom is -0.463 e. The molecular weight excluding hydrogens is 312 g/mol. The van der Waals surface area contributed by atoms with Crippen molar-refractivity contribution in [2.45, 2.75) is 31.4 Å². The predicted octanol–water partition coefficient (Wildman–Crippen LogP) is 0.505. The largest absolute Gasteiger partial charge is 0.463 e. The number of rotatable bonds is 7. The number of nitrogens with one attached hydrogen (secondary N) is 2. The second-order valence-electron chi connectivity index (χ2n) is 5.03. The van der Waals surface area contributed by atoms with Crippen molar-refractivity contribution in [2.24, 2.45) is 5.92 Å². The molecule has 22 heavy (non-hydrogen) atoms. The normalized spacial score (nSPS) is 13.0. The van der Waals surface area contributed by atoms with Gasteiger partial charge < -0.3 is 14.5 Å². The van der Waals surface area contributed by atoms with E-state index in [2.05, 4.69) is 14.8 Å². The van der Waals surface area contributed by atoms with Crippen molar-refractivity contribution < 1.29 is 27.2 Å². The van der Waals surface area contributed by atoms with Crippen molar-refractivity contribution in [3.8, 4) is 0 Å². The molecule has 1 atom stereocenters. The minimum atomic E-state index is -4.07. The first kappa shape index (κ1) is 18.2. The first-order valence-corrected chi connectivity index (χ1v) is 8.11. The SMILES string of the molecule is CNC(=O)[C@@H](CC(C)C)NS(=O)(=O)c1ccc(C(=O)OC)o1. The van der Waals surface area contributed by atoms with Gasteiger partial charge in [-0.15, -0.1) is 0 Å². The van der Waals surface area contributed by atoms with Crippen LogP contribution in [0.5, 0.6) is 0 Å². The number of ether oxygens (including phenoxy) is 1. The maximum atomic E-state index is 12.2. The van der Waals surface area contributed by atoms with Crippen LogP contribution in [0.3, 0.4) is 0 Å². The van der Waals surface area contributed by atoms with Crippen LogP contribution in [-0.4, -0.2) is 40.5 Å². The summed E-state index contributed by atoms with van der Waals surface area (Å²) in [6, 6.07) is 1.39. The summed E-state index contributed by atoms with van der Waals surface area (Å²) in [6.45, 7) is 3.74. The Kier molecular flexibility index (Phi) is 6.12. The number of methoxy groups -OCH3 is 1. The van der Waals surface area contributed by atoms with Crippen LogP contribution in [0.1, 0.15) is 30.8 Å². The highest BCUT2D eigenvalue weighted by atomic mass is 32.2. The van der Waals surface area contributed by atoms with Gasteiger partial charge in [-0.1, -0.05) is 13.8 Å². The second kappa shape index (κ2) is 7.41. The molecule has 1 rings (SSSR count). The third-order valence-corrected chi connectivity index (χ3v) is 4.14. The molecule has 1 aromatic heterocycles. The van der Waals surface area contributed by atoms with Gasteiger partial charge >= 0.3 is 5.97 Å². The lowest BCUT2D eigenvalue weighted by molar-refractivity contribution is -0.122. The number of furan rings is 1. The third-order valence-electron chi connectivity index (χ3n) is 2.80. The van der Waals surface area contributed by atoms with Crippen molar-refractivity contribution in [3.63, 3.8) is 0 Å². The van der Waals surface area contributed by atoms with Crippen molar-refractivity contribution in [3.05, 3.63) is 17.9 Å². The molecule has 0 unspecified atom stereocenters. The summed E-state index contributed by atoms with van der Waals surface area (Å²) in [4.78, 5) is 23.1. The van der Waals surface area contributed by atoms with Gasteiger partial charge in [0.25, 0.3) is 10.0 Å². The molecule has 124 valence electrons. The van der Waals surface area contributed by atoms with Crippen molar-refractivity contribution in [1.82, 2.24) is 10.0 Å². The molecule has 0 radical (unpaired) electrons. The summed E-state index contributed by atoms with van der Waals surface area (Å²) >= 11 is 0. The van der Waals surface area contributed by atoms with E-state index in [0.717, 1.165) is 13.2 Å². The summed E-state index contributed by atoms with van der Waals surface area (Å²) < 4.78 is 36.1. The van der Waals surface area contributed by atoms with Crippen LogP contribution >= 0.6 is 0 Å². The predicted molar refractivity (Wildman–Crippen MR) is 77.7 cm³/mol. The van der Waals surface area contributed by atoms with Crippen LogP contribution in [0.15, 0.2) is 21.6 Å². The van der Waals surface area contributed by atoms with Crippen molar-refractivity contribution in [2.75, 3.05) is 14.2 Å². The molecule has 1 aromatic rings. The molecular formula is C13H20N2O6S.